The van der Waals surface area contributed by atoms with Gasteiger partial charge in [-0.1, -0.05) is 96.2 Å². The van der Waals surface area contributed by atoms with Crippen LogP contribution in [0.5, 0.6) is 0 Å². The fourth-order valence-electron chi connectivity index (χ4n) is 4.45. The van der Waals surface area contributed by atoms with Crippen LogP contribution in [-0.2, 0) is 11.2 Å². The summed E-state index contributed by atoms with van der Waals surface area (Å²) < 4.78 is 5.67. The van der Waals surface area contributed by atoms with Crippen molar-refractivity contribution in [1.29, 1.82) is 0 Å². The fraction of sp³-hybridized carbons (Fsp3) is 0.200. The molecule has 4 heteroatoms. The van der Waals surface area contributed by atoms with E-state index in [0.29, 0.717) is 0 Å². The summed E-state index contributed by atoms with van der Waals surface area (Å²) in [6.45, 7) is 1.97. The highest BCUT2D eigenvalue weighted by atomic mass is 16.5. The molecule has 34 heavy (non-hydrogen) atoms. The third-order valence-electron chi connectivity index (χ3n) is 6.56. The van der Waals surface area contributed by atoms with Crippen molar-refractivity contribution in [3.05, 3.63) is 107 Å². The molecule has 1 fully saturated rings. The first-order valence-corrected chi connectivity index (χ1v) is 11.7. The van der Waals surface area contributed by atoms with Crippen LogP contribution in [0.15, 0.2) is 89.5 Å². The van der Waals surface area contributed by atoms with Crippen LogP contribution in [0, 0.1) is 12.8 Å². The predicted molar refractivity (Wildman–Crippen MR) is 134 cm³/mol. The number of benzene rings is 3. The minimum absolute atomic E-state index is 0.155. The maximum atomic E-state index is 11.1. The molecule has 1 saturated carbocycles. The number of nitrogens with zero attached hydrogens (tertiary/aromatic N) is 1. The third-order valence-corrected chi connectivity index (χ3v) is 6.56. The summed E-state index contributed by atoms with van der Waals surface area (Å²) >= 11 is 0. The molecule has 0 amide bonds. The van der Waals surface area contributed by atoms with Gasteiger partial charge in [-0.3, -0.25) is 4.79 Å². The van der Waals surface area contributed by atoms with Crippen LogP contribution in [0.4, 0.5) is 0 Å². The van der Waals surface area contributed by atoms with E-state index >= 15 is 0 Å². The Labute approximate surface area is 199 Å². The van der Waals surface area contributed by atoms with Crippen molar-refractivity contribution in [2.45, 2.75) is 32.1 Å². The SMILES string of the molecule is Cc1noc(-c2ccc(-c3ccc([C@H]4C[C@H]4C(=O)O)cc3)cc2)c1C=CCCc1ccccc1. The van der Waals surface area contributed by atoms with Crippen LogP contribution < -0.4 is 0 Å². The lowest BCUT2D eigenvalue weighted by Gasteiger charge is -2.06. The third kappa shape index (κ3) is 4.72. The predicted octanol–water partition coefficient (Wildman–Crippen LogP) is 7.15. The Morgan fingerprint density at radius 1 is 0.971 bits per heavy atom. The summed E-state index contributed by atoms with van der Waals surface area (Å²) in [6, 6.07) is 27.0. The average Bonchev–Trinajstić information content (AvgIpc) is 3.60. The molecule has 0 unspecified atom stereocenters. The monoisotopic (exact) mass is 449 g/mol. The van der Waals surface area contributed by atoms with Crippen molar-refractivity contribution in [3.8, 4) is 22.5 Å². The van der Waals surface area contributed by atoms with E-state index in [0.717, 1.165) is 58.5 Å². The molecular formula is C30H27NO3. The number of aliphatic carboxylic acids is 1. The van der Waals surface area contributed by atoms with E-state index in [2.05, 4.69) is 90.1 Å². The minimum Gasteiger partial charge on any atom is -0.481 e. The van der Waals surface area contributed by atoms with Gasteiger partial charge in [0.25, 0.3) is 0 Å². The van der Waals surface area contributed by atoms with Gasteiger partial charge < -0.3 is 9.63 Å². The lowest BCUT2D eigenvalue weighted by Crippen LogP contribution is -1.98. The first kappa shape index (κ1) is 21.9. The Morgan fingerprint density at radius 3 is 2.26 bits per heavy atom. The van der Waals surface area contributed by atoms with Crippen LogP contribution in [0.1, 0.15) is 41.1 Å². The summed E-state index contributed by atoms with van der Waals surface area (Å²) in [5.41, 5.74) is 7.54. The smallest absolute Gasteiger partial charge is 0.307 e. The van der Waals surface area contributed by atoms with Crippen LogP contribution in [0.25, 0.3) is 28.5 Å². The Bertz CT molecular complexity index is 1300. The van der Waals surface area contributed by atoms with E-state index in [4.69, 9.17) is 9.63 Å². The summed E-state index contributed by atoms with van der Waals surface area (Å²) in [5, 5.41) is 13.3. The quantitative estimate of drug-likeness (QED) is 0.310. The van der Waals surface area contributed by atoms with Gasteiger partial charge in [-0.2, -0.15) is 0 Å². The van der Waals surface area contributed by atoms with Gasteiger partial charge in [-0.25, -0.2) is 0 Å². The van der Waals surface area contributed by atoms with Crippen molar-refractivity contribution >= 4 is 12.0 Å². The molecule has 0 radical (unpaired) electrons. The van der Waals surface area contributed by atoms with Crippen LogP contribution in [-0.4, -0.2) is 16.2 Å². The van der Waals surface area contributed by atoms with E-state index in [9.17, 15) is 4.79 Å². The molecule has 1 aliphatic carbocycles. The lowest BCUT2D eigenvalue weighted by molar-refractivity contribution is -0.138. The van der Waals surface area contributed by atoms with Crippen molar-refractivity contribution < 1.29 is 14.4 Å². The number of hydrogen-bond donors (Lipinski definition) is 1. The lowest BCUT2D eigenvalue weighted by atomic mass is 9.99. The van der Waals surface area contributed by atoms with Gasteiger partial charge in [-0.05, 0) is 54.4 Å². The molecule has 4 aromatic rings. The van der Waals surface area contributed by atoms with Gasteiger partial charge in [0.1, 0.15) is 0 Å². The van der Waals surface area contributed by atoms with Crippen LogP contribution in [0.2, 0.25) is 0 Å². The molecule has 3 aromatic carbocycles. The van der Waals surface area contributed by atoms with Crippen molar-refractivity contribution in [1.82, 2.24) is 5.16 Å². The zero-order valence-corrected chi connectivity index (χ0v) is 19.1. The molecule has 0 bridgehead atoms. The first-order chi connectivity index (χ1) is 16.6. The molecule has 1 aromatic heterocycles. The number of carboxylic acid groups (broad SMARTS) is 1. The van der Waals surface area contributed by atoms with Crippen molar-refractivity contribution in [2.75, 3.05) is 0 Å². The van der Waals surface area contributed by atoms with Gasteiger partial charge in [0.2, 0.25) is 0 Å². The zero-order chi connectivity index (χ0) is 23.5. The maximum absolute atomic E-state index is 11.1. The minimum atomic E-state index is -0.697. The highest BCUT2D eigenvalue weighted by Crippen LogP contribution is 2.47. The summed E-state index contributed by atoms with van der Waals surface area (Å²) in [6.07, 6.45) is 6.99. The molecular weight excluding hydrogens is 422 g/mol. The number of carboxylic acids is 1. The highest BCUT2D eigenvalue weighted by Gasteiger charge is 2.43. The number of allylic oxidation sites excluding steroid dienone is 1. The molecule has 170 valence electrons. The van der Waals surface area contributed by atoms with E-state index in [1.54, 1.807) is 0 Å². The first-order valence-electron chi connectivity index (χ1n) is 11.7. The summed E-state index contributed by atoms with van der Waals surface area (Å²) in [5.74, 6) is 0.0152. The molecule has 0 saturated heterocycles. The fourth-order valence-corrected chi connectivity index (χ4v) is 4.45. The van der Waals surface area contributed by atoms with Gasteiger partial charge >= 0.3 is 5.97 Å². The van der Waals surface area contributed by atoms with Crippen LogP contribution in [0.3, 0.4) is 0 Å². The largest absolute Gasteiger partial charge is 0.481 e. The molecule has 1 aliphatic rings. The molecule has 0 aliphatic heterocycles. The zero-order valence-electron chi connectivity index (χ0n) is 19.1. The van der Waals surface area contributed by atoms with Gasteiger partial charge in [0.05, 0.1) is 11.6 Å². The average molecular weight is 450 g/mol. The number of aryl methyl sites for hydroxylation is 2. The van der Waals surface area contributed by atoms with Crippen molar-refractivity contribution in [2.24, 2.45) is 5.92 Å². The Hall–Kier alpha value is -3.92. The molecule has 2 atom stereocenters. The second-order valence-electron chi connectivity index (χ2n) is 8.92. The van der Waals surface area contributed by atoms with Gasteiger partial charge in [-0.15, -0.1) is 0 Å². The second-order valence-corrected chi connectivity index (χ2v) is 8.92. The van der Waals surface area contributed by atoms with E-state index in [1.165, 1.54) is 5.56 Å². The topological polar surface area (TPSA) is 63.3 Å². The number of hydrogen-bond acceptors (Lipinski definition) is 3. The molecule has 5 rings (SSSR count). The Morgan fingerprint density at radius 2 is 1.62 bits per heavy atom. The number of carbonyl (C=O) groups is 1. The number of aromatic nitrogens is 1. The molecule has 0 spiro atoms. The molecule has 4 nitrogen and oxygen atoms in total. The van der Waals surface area contributed by atoms with E-state index < -0.39 is 5.97 Å². The Kier molecular flexibility index (Phi) is 6.13. The van der Waals surface area contributed by atoms with Crippen molar-refractivity contribution in [3.63, 3.8) is 0 Å². The second kappa shape index (κ2) is 9.52. The summed E-state index contributed by atoms with van der Waals surface area (Å²) in [4.78, 5) is 11.1. The number of rotatable bonds is 8. The molecule has 1 N–H and O–H groups in total. The highest BCUT2D eigenvalue weighted by molar-refractivity contribution is 5.76. The van der Waals surface area contributed by atoms with E-state index in [-0.39, 0.29) is 11.8 Å². The maximum Gasteiger partial charge on any atom is 0.307 e. The summed E-state index contributed by atoms with van der Waals surface area (Å²) in [7, 11) is 0. The van der Waals surface area contributed by atoms with Crippen LogP contribution >= 0.6 is 0 Å². The molecule has 1 heterocycles. The van der Waals surface area contributed by atoms with E-state index in [1.807, 2.05) is 13.0 Å². The normalized spacial score (nSPS) is 17.2. The standard InChI is InChI=1S/C30H27NO3/c1-20-26(10-6-5-9-21-7-3-2-4-8-21)29(34-31-20)25-17-13-23(14-18-25)22-11-15-24(16-12-22)27-19-28(27)30(32)33/h2-4,6-8,10-18,27-28H,5,9,19H2,1H3,(H,32,33)/t27-,28-/m1/s1. The van der Waals surface area contributed by atoms with Gasteiger partial charge in [0.15, 0.2) is 5.76 Å². The Balaban J connectivity index is 1.27. The van der Waals surface area contributed by atoms with Gasteiger partial charge in [0, 0.05) is 11.1 Å².